The lowest BCUT2D eigenvalue weighted by atomic mass is 9.77. The highest BCUT2D eigenvalue weighted by molar-refractivity contribution is 5.03. The molecule has 1 aliphatic carbocycles. The molecule has 1 saturated carbocycles. The molecule has 1 heterocycles. The van der Waals surface area contributed by atoms with Gasteiger partial charge in [0.1, 0.15) is 0 Å². The van der Waals surface area contributed by atoms with Crippen molar-refractivity contribution in [2.75, 3.05) is 13.2 Å². The Morgan fingerprint density at radius 1 is 1.37 bits per heavy atom. The van der Waals surface area contributed by atoms with Crippen LogP contribution in [-0.2, 0) is 11.2 Å². The summed E-state index contributed by atoms with van der Waals surface area (Å²) in [6, 6.07) is 6.62. The van der Waals surface area contributed by atoms with Crippen LogP contribution >= 0.6 is 0 Å². The minimum atomic E-state index is 0.149. The van der Waals surface area contributed by atoms with E-state index in [1.54, 1.807) is 0 Å². The topological polar surface area (TPSA) is 34.1 Å². The van der Waals surface area contributed by atoms with E-state index in [-0.39, 0.29) is 5.60 Å². The van der Waals surface area contributed by atoms with Gasteiger partial charge in [0.05, 0.1) is 12.2 Å². The third-order valence-corrected chi connectivity index (χ3v) is 3.89. The van der Waals surface area contributed by atoms with Gasteiger partial charge in [-0.3, -0.25) is 4.98 Å². The van der Waals surface area contributed by atoms with E-state index in [4.69, 9.17) is 4.74 Å². The van der Waals surface area contributed by atoms with Crippen molar-refractivity contribution in [3.8, 4) is 0 Å². The van der Waals surface area contributed by atoms with Crippen molar-refractivity contribution >= 4 is 0 Å². The van der Waals surface area contributed by atoms with Crippen molar-refractivity contribution in [1.29, 1.82) is 0 Å². The van der Waals surface area contributed by atoms with Crippen LogP contribution in [0.5, 0.6) is 0 Å². The Balaban J connectivity index is 1.70. The minimum absolute atomic E-state index is 0.149. The van der Waals surface area contributed by atoms with E-state index in [0.29, 0.717) is 6.04 Å². The summed E-state index contributed by atoms with van der Waals surface area (Å²) in [4.78, 5) is 4.34. The molecule has 106 valence electrons. The van der Waals surface area contributed by atoms with Gasteiger partial charge in [-0.1, -0.05) is 19.9 Å². The van der Waals surface area contributed by atoms with E-state index in [1.165, 1.54) is 19.3 Å². The van der Waals surface area contributed by atoms with Crippen molar-refractivity contribution in [2.24, 2.45) is 0 Å². The molecule has 0 bridgehead atoms. The molecule has 0 aliphatic heterocycles. The highest BCUT2D eigenvalue weighted by atomic mass is 16.5. The second-order valence-electron chi connectivity index (χ2n) is 5.81. The summed E-state index contributed by atoms with van der Waals surface area (Å²) in [5, 5.41) is 3.49. The first kappa shape index (κ1) is 14.5. The molecule has 0 unspecified atom stereocenters. The lowest BCUT2D eigenvalue weighted by Gasteiger charge is -2.42. The van der Waals surface area contributed by atoms with Crippen molar-refractivity contribution in [1.82, 2.24) is 10.3 Å². The Labute approximate surface area is 116 Å². The first-order chi connectivity index (χ1) is 9.20. The predicted octanol–water partition coefficient (Wildman–Crippen LogP) is 2.95. The number of nitrogens with zero attached hydrogens (tertiary/aromatic N) is 1. The smallest absolute Gasteiger partial charge is 0.0694 e. The molecule has 1 fully saturated rings. The van der Waals surface area contributed by atoms with E-state index < -0.39 is 0 Å². The summed E-state index contributed by atoms with van der Waals surface area (Å²) >= 11 is 0. The van der Waals surface area contributed by atoms with Gasteiger partial charge >= 0.3 is 0 Å². The molecule has 3 nitrogen and oxygen atoms in total. The zero-order chi connectivity index (χ0) is 13.6. The van der Waals surface area contributed by atoms with Crippen molar-refractivity contribution in [3.63, 3.8) is 0 Å². The highest BCUT2D eigenvalue weighted by Gasteiger charge is 2.37. The van der Waals surface area contributed by atoms with Gasteiger partial charge < -0.3 is 10.1 Å². The van der Waals surface area contributed by atoms with Crippen LogP contribution in [0.25, 0.3) is 0 Å². The number of hydrogen-bond acceptors (Lipinski definition) is 3. The fourth-order valence-corrected chi connectivity index (χ4v) is 2.54. The average Bonchev–Trinajstić information content (AvgIpc) is 2.36. The molecular formula is C16H26N2O. The molecule has 1 N–H and O–H groups in total. The molecule has 1 aromatic rings. The van der Waals surface area contributed by atoms with Crippen LogP contribution in [0.15, 0.2) is 24.4 Å². The number of aromatic nitrogens is 1. The second-order valence-corrected chi connectivity index (χ2v) is 5.81. The summed E-state index contributed by atoms with van der Waals surface area (Å²) in [5.74, 6) is 0. The molecule has 0 radical (unpaired) electrons. The third-order valence-electron chi connectivity index (χ3n) is 3.89. The molecule has 2 rings (SSSR count). The summed E-state index contributed by atoms with van der Waals surface area (Å²) in [6.07, 6.45) is 7.64. The molecule has 0 atom stereocenters. The van der Waals surface area contributed by atoms with Gasteiger partial charge in [0.15, 0.2) is 0 Å². The molecule has 0 aromatic carbocycles. The van der Waals surface area contributed by atoms with Crippen LogP contribution in [0.2, 0.25) is 0 Å². The Kier molecular flexibility index (Phi) is 5.34. The van der Waals surface area contributed by atoms with Crippen LogP contribution < -0.4 is 5.32 Å². The van der Waals surface area contributed by atoms with Gasteiger partial charge in [0, 0.05) is 24.4 Å². The number of pyridine rings is 1. The lowest BCUT2D eigenvalue weighted by molar-refractivity contribution is -0.103. The summed E-state index contributed by atoms with van der Waals surface area (Å²) in [7, 11) is 0. The Morgan fingerprint density at radius 2 is 2.21 bits per heavy atom. The monoisotopic (exact) mass is 262 g/mol. The minimum Gasteiger partial charge on any atom is -0.375 e. The van der Waals surface area contributed by atoms with Gasteiger partial charge in [-0.05, 0) is 44.4 Å². The molecule has 3 heteroatoms. The first-order valence-electron chi connectivity index (χ1n) is 7.47. The Hall–Kier alpha value is -0.930. The van der Waals surface area contributed by atoms with Crippen LogP contribution in [0.3, 0.4) is 0 Å². The van der Waals surface area contributed by atoms with Crippen molar-refractivity contribution < 1.29 is 4.74 Å². The van der Waals surface area contributed by atoms with Gasteiger partial charge in [-0.15, -0.1) is 0 Å². The highest BCUT2D eigenvalue weighted by Crippen LogP contribution is 2.38. The molecule has 1 aliphatic rings. The van der Waals surface area contributed by atoms with E-state index in [2.05, 4.69) is 30.2 Å². The van der Waals surface area contributed by atoms with Crippen LogP contribution in [0.1, 0.15) is 45.2 Å². The zero-order valence-electron chi connectivity index (χ0n) is 12.2. The van der Waals surface area contributed by atoms with Crippen LogP contribution in [0, 0.1) is 0 Å². The maximum Gasteiger partial charge on any atom is 0.0694 e. The summed E-state index contributed by atoms with van der Waals surface area (Å²) in [6.45, 7) is 6.23. The second kappa shape index (κ2) is 7.01. The normalized spacial score (nSPS) is 17.4. The van der Waals surface area contributed by atoms with Gasteiger partial charge in [0.2, 0.25) is 0 Å². The van der Waals surface area contributed by atoms with Gasteiger partial charge in [-0.25, -0.2) is 0 Å². The SMILES string of the molecule is CC(C)NCCC1(OCCc2ccccn2)CCC1. The van der Waals surface area contributed by atoms with Gasteiger partial charge in [-0.2, -0.15) is 0 Å². The number of hydrogen-bond donors (Lipinski definition) is 1. The fraction of sp³-hybridized carbons (Fsp3) is 0.688. The molecule has 0 spiro atoms. The van der Waals surface area contributed by atoms with E-state index >= 15 is 0 Å². The van der Waals surface area contributed by atoms with Crippen molar-refractivity contribution in [3.05, 3.63) is 30.1 Å². The predicted molar refractivity (Wildman–Crippen MR) is 78.2 cm³/mol. The number of rotatable bonds is 8. The molecular weight excluding hydrogens is 236 g/mol. The fourth-order valence-electron chi connectivity index (χ4n) is 2.54. The number of nitrogens with one attached hydrogen (secondary N) is 1. The molecule has 19 heavy (non-hydrogen) atoms. The van der Waals surface area contributed by atoms with Crippen molar-refractivity contribution in [2.45, 2.75) is 57.6 Å². The molecule has 0 saturated heterocycles. The first-order valence-corrected chi connectivity index (χ1v) is 7.47. The van der Waals surface area contributed by atoms with E-state index in [9.17, 15) is 0 Å². The van der Waals surface area contributed by atoms with Gasteiger partial charge in [0.25, 0.3) is 0 Å². The lowest BCUT2D eigenvalue weighted by Crippen LogP contribution is -2.43. The van der Waals surface area contributed by atoms with Crippen LogP contribution in [-0.4, -0.2) is 29.8 Å². The Bertz CT molecular complexity index is 360. The summed E-state index contributed by atoms with van der Waals surface area (Å²) < 4.78 is 6.17. The maximum absolute atomic E-state index is 6.17. The number of ether oxygens (including phenoxy) is 1. The Morgan fingerprint density at radius 3 is 2.79 bits per heavy atom. The standard InChI is InChI=1S/C16H26N2O/c1-14(2)17-12-10-16(8-5-9-16)19-13-7-15-6-3-4-11-18-15/h3-4,6,11,14,17H,5,7-10,12-13H2,1-2H3. The maximum atomic E-state index is 6.17. The quantitative estimate of drug-likeness (QED) is 0.782. The molecule has 1 aromatic heterocycles. The average molecular weight is 262 g/mol. The third kappa shape index (κ3) is 4.59. The van der Waals surface area contributed by atoms with E-state index in [0.717, 1.165) is 31.7 Å². The zero-order valence-corrected chi connectivity index (χ0v) is 12.2. The molecule has 0 amide bonds. The van der Waals surface area contributed by atoms with Crippen LogP contribution in [0.4, 0.5) is 0 Å². The largest absolute Gasteiger partial charge is 0.375 e. The van der Waals surface area contributed by atoms with E-state index in [1.807, 2.05) is 18.3 Å². The summed E-state index contributed by atoms with van der Waals surface area (Å²) in [5.41, 5.74) is 1.27.